The summed E-state index contributed by atoms with van der Waals surface area (Å²) in [5, 5.41) is 13.7. The van der Waals surface area contributed by atoms with Gasteiger partial charge < -0.3 is 14.6 Å². The van der Waals surface area contributed by atoms with Crippen molar-refractivity contribution < 1.29 is 14.4 Å². The van der Waals surface area contributed by atoms with Crippen LogP contribution in [0.15, 0.2) is 29.1 Å². The summed E-state index contributed by atoms with van der Waals surface area (Å²) >= 11 is 0. The third kappa shape index (κ3) is 4.75. The van der Waals surface area contributed by atoms with Crippen molar-refractivity contribution in [3.63, 3.8) is 0 Å². The van der Waals surface area contributed by atoms with Gasteiger partial charge in [-0.3, -0.25) is 9.59 Å². The van der Waals surface area contributed by atoms with Crippen LogP contribution < -0.4 is 10.5 Å². The van der Waals surface area contributed by atoms with Crippen molar-refractivity contribution in [2.45, 2.75) is 65.5 Å². The third-order valence-corrected chi connectivity index (χ3v) is 6.70. The molecular weight excluding hydrogens is 432 g/mol. The Morgan fingerprint density at radius 2 is 1.97 bits per heavy atom. The number of nitrogens with one attached hydrogen (secondary N) is 2. The maximum Gasteiger partial charge on any atom is 0.309 e. The van der Waals surface area contributed by atoms with E-state index >= 15 is 0 Å². The number of H-pyrrole nitrogens is 1. The summed E-state index contributed by atoms with van der Waals surface area (Å²) in [5.74, 6) is 0.423. The van der Waals surface area contributed by atoms with E-state index in [2.05, 4.69) is 33.5 Å². The zero-order valence-electron chi connectivity index (χ0n) is 20.7. The number of ether oxygens (including phenoxy) is 1. The van der Waals surface area contributed by atoms with E-state index in [1.807, 2.05) is 50.6 Å². The number of tetrazole rings is 1. The second-order valence-corrected chi connectivity index (χ2v) is 10.1. The van der Waals surface area contributed by atoms with Crippen LogP contribution in [-0.2, 0) is 21.5 Å². The number of fused-ring (bicyclic) bond motifs is 1. The monoisotopic (exact) mass is 467 g/mol. The van der Waals surface area contributed by atoms with Crippen LogP contribution in [0.5, 0.6) is 0 Å². The average molecular weight is 468 g/mol. The van der Waals surface area contributed by atoms with Crippen LogP contribution in [0.1, 0.15) is 70.5 Å². The van der Waals surface area contributed by atoms with Crippen LogP contribution in [0.4, 0.5) is 0 Å². The molecule has 0 bridgehead atoms. The molecule has 1 saturated heterocycles. The minimum Gasteiger partial charge on any atom is -0.466 e. The highest BCUT2D eigenvalue weighted by Gasteiger charge is 2.39. The van der Waals surface area contributed by atoms with Crippen molar-refractivity contribution in [2.24, 2.45) is 5.92 Å². The van der Waals surface area contributed by atoms with Crippen molar-refractivity contribution in [2.75, 3.05) is 19.7 Å². The highest BCUT2D eigenvalue weighted by molar-refractivity contribution is 5.80. The molecule has 0 amide bonds. The van der Waals surface area contributed by atoms with Crippen LogP contribution in [0.25, 0.3) is 10.9 Å². The van der Waals surface area contributed by atoms with Crippen molar-refractivity contribution >= 4 is 16.9 Å². The fourth-order valence-corrected chi connectivity index (χ4v) is 4.87. The SMILES string of the molecule is CCOC(=O)C1CC[NH+]([C@H](c2cc3cc(CC)ccc3[nH]c2=O)c2nnnn2C(C)(C)C)CC1. The number of nitrogens with zero attached hydrogens (tertiary/aromatic N) is 4. The second kappa shape index (κ2) is 9.66. The molecule has 3 aromatic rings. The minimum atomic E-state index is -0.351. The Morgan fingerprint density at radius 1 is 1.24 bits per heavy atom. The second-order valence-electron chi connectivity index (χ2n) is 10.1. The number of quaternary nitrogens is 1. The number of rotatable bonds is 6. The largest absolute Gasteiger partial charge is 0.466 e. The van der Waals surface area contributed by atoms with Gasteiger partial charge in [-0.05, 0) is 73.7 Å². The number of piperidine rings is 1. The number of esters is 1. The summed E-state index contributed by atoms with van der Waals surface area (Å²) in [6.07, 6.45) is 2.32. The van der Waals surface area contributed by atoms with Crippen molar-refractivity contribution in [3.8, 4) is 0 Å². The Hall–Kier alpha value is -3.07. The molecule has 1 atom stereocenters. The Morgan fingerprint density at radius 3 is 2.62 bits per heavy atom. The molecule has 9 nitrogen and oxygen atoms in total. The Kier molecular flexibility index (Phi) is 6.84. The summed E-state index contributed by atoms with van der Waals surface area (Å²) in [5.41, 5.74) is 2.19. The maximum atomic E-state index is 13.4. The van der Waals surface area contributed by atoms with E-state index in [-0.39, 0.29) is 29.0 Å². The van der Waals surface area contributed by atoms with E-state index in [0.29, 0.717) is 30.8 Å². The lowest BCUT2D eigenvalue weighted by molar-refractivity contribution is -0.932. The molecule has 0 aliphatic carbocycles. The Bertz CT molecular complexity index is 1220. The topological polar surface area (TPSA) is 107 Å². The molecule has 1 aliphatic rings. The smallest absolute Gasteiger partial charge is 0.309 e. The van der Waals surface area contributed by atoms with Crippen molar-refractivity contribution in [1.29, 1.82) is 0 Å². The van der Waals surface area contributed by atoms with Gasteiger partial charge in [-0.15, -0.1) is 5.10 Å². The molecular formula is C25H35N6O3+. The molecule has 0 saturated carbocycles. The summed E-state index contributed by atoms with van der Waals surface area (Å²) in [6, 6.07) is 7.77. The normalized spacial score (nSPS) is 19.8. The lowest BCUT2D eigenvalue weighted by Gasteiger charge is -2.34. The van der Waals surface area contributed by atoms with Gasteiger partial charge in [-0.1, -0.05) is 13.0 Å². The molecule has 1 aromatic carbocycles. The molecule has 0 radical (unpaired) electrons. The number of likely N-dealkylation sites (tertiary alicyclic amines) is 1. The molecule has 3 heterocycles. The number of hydrogen-bond acceptors (Lipinski definition) is 6. The molecule has 9 heteroatoms. The van der Waals surface area contributed by atoms with Gasteiger partial charge in [0.2, 0.25) is 5.82 Å². The van der Waals surface area contributed by atoms with E-state index < -0.39 is 0 Å². The fourth-order valence-electron chi connectivity index (χ4n) is 4.87. The number of aromatic amines is 1. The zero-order chi connectivity index (χ0) is 24.5. The summed E-state index contributed by atoms with van der Waals surface area (Å²) in [7, 11) is 0. The summed E-state index contributed by atoms with van der Waals surface area (Å²) in [4.78, 5) is 29.9. The van der Waals surface area contributed by atoms with Gasteiger partial charge in [-0.25, -0.2) is 4.68 Å². The van der Waals surface area contributed by atoms with Crippen LogP contribution in [0.3, 0.4) is 0 Å². The van der Waals surface area contributed by atoms with Gasteiger partial charge >= 0.3 is 5.97 Å². The minimum absolute atomic E-state index is 0.107. The molecule has 34 heavy (non-hydrogen) atoms. The molecule has 4 rings (SSSR count). The molecule has 2 N–H and O–H groups in total. The first kappa shape index (κ1) is 24.1. The average Bonchev–Trinajstić information content (AvgIpc) is 3.30. The van der Waals surface area contributed by atoms with Gasteiger partial charge in [0, 0.05) is 18.4 Å². The molecule has 1 fully saturated rings. The fraction of sp³-hybridized carbons (Fsp3) is 0.560. The quantitative estimate of drug-likeness (QED) is 0.535. The summed E-state index contributed by atoms with van der Waals surface area (Å²) < 4.78 is 7.06. The van der Waals surface area contributed by atoms with Gasteiger partial charge in [0.15, 0.2) is 6.04 Å². The molecule has 1 aliphatic heterocycles. The van der Waals surface area contributed by atoms with E-state index in [1.54, 1.807) is 0 Å². The molecule has 0 unspecified atom stereocenters. The van der Waals surface area contributed by atoms with Gasteiger partial charge in [-0.2, -0.15) is 0 Å². The number of carbonyl (C=O) groups is 1. The number of aryl methyl sites for hydroxylation is 1. The maximum absolute atomic E-state index is 13.4. The van der Waals surface area contributed by atoms with Crippen LogP contribution in [0, 0.1) is 5.92 Å². The summed E-state index contributed by atoms with van der Waals surface area (Å²) in [6.45, 7) is 11.9. The predicted octanol–water partition coefficient (Wildman–Crippen LogP) is 1.78. The lowest BCUT2D eigenvalue weighted by Crippen LogP contribution is -3.13. The number of pyridine rings is 1. The first-order chi connectivity index (χ1) is 16.2. The predicted molar refractivity (Wildman–Crippen MR) is 129 cm³/mol. The first-order valence-corrected chi connectivity index (χ1v) is 12.2. The lowest BCUT2D eigenvalue weighted by atomic mass is 9.93. The van der Waals surface area contributed by atoms with E-state index in [1.165, 1.54) is 10.5 Å². The first-order valence-electron chi connectivity index (χ1n) is 12.2. The van der Waals surface area contributed by atoms with Crippen LogP contribution in [-0.4, -0.2) is 50.9 Å². The number of carbonyl (C=O) groups excluding carboxylic acids is 1. The Labute approximate surface area is 199 Å². The highest BCUT2D eigenvalue weighted by Crippen LogP contribution is 2.24. The Balaban J connectivity index is 1.79. The van der Waals surface area contributed by atoms with Crippen LogP contribution in [0.2, 0.25) is 0 Å². The molecule has 0 spiro atoms. The number of aromatic nitrogens is 5. The molecule has 2 aromatic heterocycles. The third-order valence-electron chi connectivity index (χ3n) is 6.70. The van der Waals surface area contributed by atoms with E-state index in [9.17, 15) is 9.59 Å². The molecule has 182 valence electrons. The standard InChI is InChI=1S/C25H34N6O3/c1-6-16-8-9-20-18(14-16)15-19(23(32)26-20)21(22-27-28-29-31(22)25(3,4)5)30-12-10-17(11-13-30)24(33)34-7-2/h8-9,14-15,17,21H,6-7,10-13H2,1-5H3,(H,26,32)/p+1/t21-/m1/s1. The van der Waals surface area contributed by atoms with E-state index in [0.717, 1.165) is 30.4 Å². The van der Waals surface area contributed by atoms with Gasteiger partial charge in [0.25, 0.3) is 5.56 Å². The van der Waals surface area contributed by atoms with Gasteiger partial charge in [0.05, 0.1) is 36.7 Å². The van der Waals surface area contributed by atoms with Gasteiger partial charge in [0.1, 0.15) is 0 Å². The number of hydrogen-bond donors (Lipinski definition) is 2. The van der Waals surface area contributed by atoms with E-state index in [4.69, 9.17) is 4.74 Å². The zero-order valence-corrected chi connectivity index (χ0v) is 20.7. The van der Waals surface area contributed by atoms with Crippen molar-refractivity contribution in [1.82, 2.24) is 25.2 Å². The highest BCUT2D eigenvalue weighted by atomic mass is 16.5. The van der Waals surface area contributed by atoms with Crippen molar-refractivity contribution in [3.05, 3.63) is 51.6 Å². The number of benzene rings is 1. The van der Waals surface area contributed by atoms with Crippen LogP contribution >= 0.6 is 0 Å².